The lowest BCUT2D eigenvalue weighted by Gasteiger charge is -2.05. The molecule has 0 aliphatic carbocycles. The van der Waals surface area contributed by atoms with Crippen LogP contribution < -0.4 is 9.54 Å². The van der Waals surface area contributed by atoms with Crippen LogP contribution in [0.3, 0.4) is 0 Å². The monoisotopic (exact) mass is 356 g/mol. The molecule has 0 aliphatic rings. The number of methoxy groups -OCH3 is 1. The molecule has 0 aliphatic heterocycles. The second-order valence-electron chi connectivity index (χ2n) is 4.91. The minimum Gasteiger partial charge on any atom is -0.495 e. The molecule has 0 atom stereocenters. The van der Waals surface area contributed by atoms with Crippen molar-refractivity contribution in [1.82, 2.24) is 4.57 Å². The van der Waals surface area contributed by atoms with E-state index in [9.17, 15) is 4.79 Å². The van der Waals surface area contributed by atoms with E-state index in [0.717, 1.165) is 10.2 Å². The summed E-state index contributed by atoms with van der Waals surface area (Å²) in [4.78, 5) is 17.2. The number of ether oxygens (including phenoxy) is 1. The lowest BCUT2D eigenvalue weighted by Crippen LogP contribution is -2.16. The molecular weight excluding hydrogens is 344 g/mol. The standard InChI is InChI=1S/C18H13ClN2O2S/c1-3-11-21-16-14(23-2)5-4-6-15(16)24-18(21)20-17(22)12-7-9-13(19)10-8-12/h1,4-10H,11H2,2H3. The maximum Gasteiger partial charge on any atom is 0.279 e. The third-order valence-corrected chi connectivity index (χ3v) is 4.72. The predicted molar refractivity (Wildman–Crippen MR) is 96.5 cm³/mol. The number of fused-ring (bicyclic) bond motifs is 1. The van der Waals surface area contributed by atoms with Crippen LogP contribution in [0.5, 0.6) is 5.75 Å². The summed E-state index contributed by atoms with van der Waals surface area (Å²) in [6, 6.07) is 12.3. The van der Waals surface area contributed by atoms with Crippen LogP contribution in [-0.4, -0.2) is 17.6 Å². The number of amides is 1. The number of para-hydroxylation sites is 1. The van der Waals surface area contributed by atoms with Gasteiger partial charge in [-0.05, 0) is 36.4 Å². The molecule has 0 saturated heterocycles. The third kappa shape index (κ3) is 3.07. The van der Waals surface area contributed by atoms with E-state index in [1.54, 1.807) is 31.4 Å². The molecular formula is C18H13ClN2O2S. The van der Waals surface area contributed by atoms with Gasteiger partial charge in [0.25, 0.3) is 5.91 Å². The molecule has 0 bridgehead atoms. The summed E-state index contributed by atoms with van der Waals surface area (Å²) in [5, 5.41) is 0.570. The Kier molecular flexibility index (Phi) is 4.70. The molecule has 0 saturated carbocycles. The van der Waals surface area contributed by atoms with Crippen molar-refractivity contribution in [2.24, 2.45) is 4.99 Å². The molecule has 120 valence electrons. The number of nitrogens with zero attached hydrogens (tertiary/aromatic N) is 2. The Bertz CT molecular complexity index is 1010. The maximum atomic E-state index is 12.4. The zero-order valence-corrected chi connectivity index (χ0v) is 14.4. The van der Waals surface area contributed by atoms with E-state index in [0.29, 0.717) is 27.7 Å². The summed E-state index contributed by atoms with van der Waals surface area (Å²) in [7, 11) is 1.60. The van der Waals surface area contributed by atoms with E-state index >= 15 is 0 Å². The number of terminal acetylenes is 1. The highest BCUT2D eigenvalue weighted by atomic mass is 35.5. The van der Waals surface area contributed by atoms with Gasteiger partial charge in [-0.3, -0.25) is 4.79 Å². The van der Waals surface area contributed by atoms with E-state index in [1.165, 1.54) is 11.3 Å². The van der Waals surface area contributed by atoms with Crippen molar-refractivity contribution in [2.45, 2.75) is 6.54 Å². The van der Waals surface area contributed by atoms with E-state index < -0.39 is 0 Å². The summed E-state index contributed by atoms with van der Waals surface area (Å²) < 4.78 is 8.17. The highest BCUT2D eigenvalue weighted by molar-refractivity contribution is 7.16. The highest BCUT2D eigenvalue weighted by Crippen LogP contribution is 2.27. The Morgan fingerprint density at radius 2 is 2.08 bits per heavy atom. The molecule has 1 amide bonds. The predicted octanol–water partition coefficient (Wildman–Crippen LogP) is 3.74. The molecule has 6 heteroatoms. The number of aromatic nitrogens is 1. The van der Waals surface area contributed by atoms with Gasteiger partial charge in [0, 0.05) is 10.6 Å². The summed E-state index contributed by atoms with van der Waals surface area (Å²) in [6.07, 6.45) is 5.48. The molecule has 4 nitrogen and oxygen atoms in total. The van der Waals surface area contributed by atoms with Gasteiger partial charge in [0.2, 0.25) is 0 Å². The van der Waals surface area contributed by atoms with Gasteiger partial charge >= 0.3 is 0 Å². The fourth-order valence-corrected chi connectivity index (χ4v) is 3.50. The molecule has 0 unspecified atom stereocenters. The zero-order valence-electron chi connectivity index (χ0n) is 12.8. The highest BCUT2D eigenvalue weighted by Gasteiger charge is 2.12. The maximum absolute atomic E-state index is 12.4. The fourth-order valence-electron chi connectivity index (χ4n) is 2.33. The van der Waals surface area contributed by atoms with Crippen LogP contribution in [0.2, 0.25) is 5.02 Å². The Morgan fingerprint density at radius 3 is 2.75 bits per heavy atom. The Hall–Kier alpha value is -2.55. The van der Waals surface area contributed by atoms with Gasteiger partial charge in [-0.25, -0.2) is 0 Å². The first-order valence-electron chi connectivity index (χ1n) is 7.08. The van der Waals surface area contributed by atoms with Crippen LogP contribution in [0.25, 0.3) is 10.2 Å². The topological polar surface area (TPSA) is 43.6 Å². The number of benzene rings is 2. The van der Waals surface area contributed by atoms with Crippen molar-refractivity contribution in [1.29, 1.82) is 0 Å². The summed E-state index contributed by atoms with van der Waals surface area (Å²) in [5.74, 6) is 2.95. The average molecular weight is 357 g/mol. The molecule has 0 spiro atoms. The van der Waals surface area contributed by atoms with E-state index in [4.69, 9.17) is 22.8 Å². The van der Waals surface area contributed by atoms with Gasteiger partial charge in [0.05, 0.1) is 18.4 Å². The minimum atomic E-state index is -0.344. The first-order valence-corrected chi connectivity index (χ1v) is 8.28. The molecule has 1 aromatic heterocycles. The van der Waals surface area contributed by atoms with Crippen LogP contribution in [-0.2, 0) is 6.54 Å². The van der Waals surface area contributed by atoms with E-state index in [-0.39, 0.29) is 5.91 Å². The number of rotatable bonds is 3. The average Bonchev–Trinajstić information content (AvgIpc) is 2.93. The van der Waals surface area contributed by atoms with Crippen LogP contribution in [0.4, 0.5) is 0 Å². The van der Waals surface area contributed by atoms with E-state index in [1.807, 2.05) is 22.8 Å². The van der Waals surface area contributed by atoms with E-state index in [2.05, 4.69) is 10.9 Å². The third-order valence-electron chi connectivity index (χ3n) is 3.42. The van der Waals surface area contributed by atoms with Crippen LogP contribution in [0.1, 0.15) is 10.4 Å². The van der Waals surface area contributed by atoms with Gasteiger partial charge in [-0.15, -0.1) is 6.42 Å². The van der Waals surface area contributed by atoms with Crippen molar-refractivity contribution in [3.8, 4) is 18.1 Å². The second-order valence-corrected chi connectivity index (χ2v) is 6.35. The van der Waals surface area contributed by atoms with Crippen molar-refractivity contribution >= 4 is 39.1 Å². The molecule has 0 radical (unpaired) electrons. The largest absolute Gasteiger partial charge is 0.495 e. The first kappa shape index (κ1) is 16.3. The summed E-state index contributed by atoms with van der Waals surface area (Å²) >= 11 is 7.24. The second kappa shape index (κ2) is 6.91. The van der Waals surface area contributed by atoms with Gasteiger partial charge in [-0.1, -0.05) is 34.9 Å². The molecule has 0 fully saturated rings. The minimum absolute atomic E-state index is 0.299. The van der Waals surface area contributed by atoms with Gasteiger partial charge in [0.15, 0.2) is 4.80 Å². The van der Waals surface area contributed by atoms with Crippen molar-refractivity contribution in [3.63, 3.8) is 0 Å². The Morgan fingerprint density at radius 1 is 1.33 bits per heavy atom. The number of halogens is 1. The van der Waals surface area contributed by atoms with Crippen LogP contribution >= 0.6 is 22.9 Å². The number of carbonyl (C=O) groups excluding carboxylic acids is 1. The van der Waals surface area contributed by atoms with Gasteiger partial charge < -0.3 is 9.30 Å². The number of hydrogen-bond donors (Lipinski definition) is 0. The number of carbonyl (C=O) groups is 1. The smallest absolute Gasteiger partial charge is 0.279 e. The quantitative estimate of drug-likeness (QED) is 0.671. The molecule has 0 N–H and O–H groups in total. The van der Waals surface area contributed by atoms with Gasteiger partial charge in [0.1, 0.15) is 11.3 Å². The summed E-state index contributed by atoms with van der Waals surface area (Å²) in [6.45, 7) is 0.299. The SMILES string of the molecule is C#CCn1c(=NC(=O)c2ccc(Cl)cc2)sc2cccc(OC)c21. The van der Waals surface area contributed by atoms with Gasteiger partial charge in [-0.2, -0.15) is 4.99 Å². The van der Waals surface area contributed by atoms with Crippen molar-refractivity contribution in [2.75, 3.05) is 7.11 Å². The van der Waals surface area contributed by atoms with Crippen molar-refractivity contribution in [3.05, 3.63) is 57.9 Å². The zero-order chi connectivity index (χ0) is 17.1. The lowest BCUT2D eigenvalue weighted by atomic mass is 10.2. The molecule has 3 rings (SSSR count). The van der Waals surface area contributed by atoms with Crippen molar-refractivity contribution < 1.29 is 9.53 Å². The fraction of sp³-hybridized carbons (Fsp3) is 0.111. The molecule has 1 heterocycles. The lowest BCUT2D eigenvalue weighted by molar-refractivity contribution is 0.0998. The first-order chi connectivity index (χ1) is 11.6. The molecule has 2 aromatic carbocycles. The van der Waals surface area contributed by atoms with Crippen LogP contribution in [0, 0.1) is 12.3 Å². The Labute approximate surface area is 148 Å². The summed E-state index contributed by atoms with van der Waals surface area (Å²) in [5.41, 5.74) is 1.31. The number of hydrogen-bond acceptors (Lipinski definition) is 3. The number of thiazole rings is 1. The molecule has 24 heavy (non-hydrogen) atoms. The Balaban J connectivity index is 2.18. The normalized spacial score (nSPS) is 11.5. The van der Waals surface area contributed by atoms with Crippen LogP contribution in [0.15, 0.2) is 47.5 Å². The molecule has 3 aromatic rings.